The van der Waals surface area contributed by atoms with Gasteiger partial charge in [-0.15, -0.1) is 0 Å². The van der Waals surface area contributed by atoms with Gasteiger partial charge < -0.3 is 15.5 Å². The van der Waals surface area contributed by atoms with E-state index >= 15 is 0 Å². The van der Waals surface area contributed by atoms with Gasteiger partial charge in [0.1, 0.15) is 11.5 Å². The van der Waals surface area contributed by atoms with Gasteiger partial charge in [0.25, 0.3) is 5.91 Å². The Bertz CT molecular complexity index is 763. The van der Waals surface area contributed by atoms with Crippen LogP contribution < -0.4 is 10.6 Å². The molecule has 2 amide bonds. The van der Waals surface area contributed by atoms with Crippen molar-refractivity contribution >= 4 is 17.5 Å². The van der Waals surface area contributed by atoms with Crippen LogP contribution >= 0.6 is 0 Å². The van der Waals surface area contributed by atoms with Gasteiger partial charge in [0.05, 0.1) is 6.54 Å². The number of hydrogen-bond donors (Lipinski definition) is 1. The summed E-state index contributed by atoms with van der Waals surface area (Å²) >= 11 is 0. The summed E-state index contributed by atoms with van der Waals surface area (Å²) in [6, 6.07) is 9.46. The van der Waals surface area contributed by atoms with Gasteiger partial charge in [-0.2, -0.15) is 0 Å². The van der Waals surface area contributed by atoms with Crippen molar-refractivity contribution in [2.75, 3.05) is 24.5 Å². The van der Waals surface area contributed by atoms with E-state index in [0.29, 0.717) is 19.6 Å². The Hall–Kier alpha value is -2.96. The van der Waals surface area contributed by atoms with Crippen LogP contribution in [0.4, 0.5) is 10.1 Å². The number of nitrogens with zero attached hydrogens (tertiary/aromatic N) is 3. The summed E-state index contributed by atoms with van der Waals surface area (Å²) < 4.78 is 12.9. The zero-order valence-corrected chi connectivity index (χ0v) is 13.0. The second-order valence-electron chi connectivity index (χ2n) is 5.63. The van der Waals surface area contributed by atoms with E-state index in [0.717, 1.165) is 11.3 Å². The molecule has 1 aliphatic rings. The highest BCUT2D eigenvalue weighted by atomic mass is 19.1. The number of anilines is 1. The predicted octanol–water partition coefficient (Wildman–Crippen LogP) is 1.17. The maximum atomic E-state index is 12.9. The molecule has 1 aliphatic heterocycles. The number of pyridine rings is 1. The van der Waals surface area contributed by atoms with Crippen LogP contribution in [0.2, 0.25) is 0 Å². The topological polar surface area (TPSA) is 79.5 Å². The van der Waals surface area contributed by atoms with Crippen LogP contribution in [-0.4, -0.2) is 41.3 Å². The first-order chi connectivity index (χ1) is 11.5. The zero-order valence-electron chi connectivity index (χ0n) is 13.0. The molecular formula is C17H17FN4O2. The van der Waals surface area contributed by atoms with Crippen molar-refractivity contribution in [2.45, 2.75) is 6.54 Å². The smallest absolute Gasteiger partial charge is 0.267 e. The van der Waals surface area contributed by atoms with Crippen LogP contribution in [0.25, 0.3) is 0 Å². The third-order valence-electron chi connectivity index (χ3n) is 3.97. The van der Waals surface area contributed by atoms with Gasteiger partial charge in [0, 0.05) is 31.5 Å². The van der Waals surface area contributed by atoms with E-state index in [1.165, 1.54) is 18.3 Å². The lowest BCUT2D eigenvalue weighted by molar-refractivity contribution is -0.131. The van der Waals surface area contributed by atoms with Gasteiger partial charge in [-0.25, -0.2) is 4.39 Å². The van der Waals surface area contributed by atoms with Crippen LogP contribution in [-0.2, 0) is 11.3 Å². The quantitative estimate of drug-likeness (QED) is 0.914. The molecule has 2 N–H and O–H groups in total. The predicted molar refractivity (Wildman–Crippen MR) is 86.8 cm³/mol. The van der Waals surface area contributed by atoms with E-state index in [2.05, 4.69) is 4.98 Å². The lowest BCUT2D eigenvalue weighted by Gasteiger charge is -2.35. The van der Waals surface area contributed by atoms with E-state index in [-0.39, 0.29) is 24.0 Å². The first kappa shape index (κ1) is 15.9. The van der Waals surface area contributed by atoms with Crippen molar-refractivity contribution in [2.24, 2.45) is 5.73 Å². The number of nitrogens with two attached hydrogens (primary N) is 1. The Labute approximate surface area is 138 Å². The van der Waals surface area contributed by atoms with Gasteiger partial charge in [-0.3, -0.25) is 14.6 Å². The van der Waals surface area contributed by atoms with Crippen molar-refractivity contribution in [1.82, 2.24) is 9.88 Å². The molecule has 1 fully saturated rings. The third-order valence-corrected chi connectivity index (χ3v) is 3.97. The molecule has 3 rings (SSSR count). The number of primary amides is 1. The summed E-state index contributed by atoms with van der Waals surface area (Å²) in [5, 5.41) is 0. The fourth-order valence-corrected chi connectivity index (χ4v) is 2.66. The molecule has 2 aromatic rings. The van der Waals surface area contributed by atoms with Crippen LogP contribution in [0.1, 0.15) is 16.1 Å². The first-order valence-electron chi connectivity index (χ1n) is 7.56. The lowest BCUT2D eigenvalue weighted by atomic mass is 10.2. The van der Waals surface area contributed by atoms with Crippen molar-refractivity contribution in [3.63, 3.8) is 0 Å². The second-order valence-corrected chi connectivity index (χ2v) is 5.63. The minimum Gasteiger partial charge on any atom is -0.364 e. The molecule has 1 saturated heterocycles. The fraction of sp³-hybridized carbons (Fsp3) is 0.235. The number of hydrogen-bond acceptors (Lipinski definition) is 4. The molecule has 1 aromatic heterocycles. The third kappa shape index (κ3) is 3.51. The second kappa shape index (κ2) is 6.66. The molecule has 0 bridgehead atoms. The molecule has 6 nitrogen and oxygen atoms in total. The van der Waals surface area contributed by atoms with Crippen LogP contribution in [0, 0.1) is 5.82 Å². The number of amides is 2. The first-order valence-corrected chi connectivity index (χ1v) is 7.56. The molecule has 7 heteroatoms. The fourth-order valence-electron chi connectivity index (χ4n) is 2.66. The SMILES string of the molecule is NC(=O)c1cc(N2CCN(Cc3ccc(F)cc3)C(=O)C2)ccn1. The van der Waals surface area contributed by atoms with Gasteiger partial charge >= 0.3 is 0 Å². The summed E-state index contributed by atoms with van der Waals surface area (Å²) in [4.78, 5) is 31.1. The average molecular weight is 328 g/mol. The van der Waals surface area contributed by atoms with Gasteiger partial charge in [0.2, 0.25) is 5.91 Å². The monoisotopic (exact) mass is 328 g/mol. The molecule has 0 atom stereocenters. The summed E-state index contributed by atoms with van der Waals surface area (Å²) in [6.45, 7) is 1.85. The van der Waals surface area contributed by atoms with Gasteiger partial charge in [0.15, 0.2) is 0 Å². The minimum absolute atomic E-state index is 0.0250. The van der Waals surface area contributed by atoms with Gasteiger partial charge in [-0.05, 0) is 29.8 Å². The van der Waals surface area contributed by atoms with E-state index in [4.69, 9.17) is 5.73 Å². The minimum atomic E-state index is -0.599. The molecule has 2 heterocycles. The maximum absolute atomic E-state index is 12.9. The number of benzene rings is 1. The molecular weight excluding hydrogens is 311 g/mol. The molecule has 0 radical (unpaired) electrons. The standard InChI is InChI=1S/C17H17FN4O2/c18-13-3-1-12(2-4-13)10-22-8-7-21(11-16(22)23)14-5-6-20-15(9-14)17(19)24/h1-6,9H,7-8,10-11H2,(H2,19,24). The Kier molecular flexibility index (Phi) is 4.41. The Balaban J connectivity index is 1.67. The molecule has 0 spiro atoms. The molecule has 24 heavy (non-hydrogen) atoms. The number of halogens is 1. The highest BCUT2D eigenvalue weighted by molar-refractivity contribution is 5.92. The Morgan fingerprint density at radius 1 is 1.21 bits per heavy atom. The molecule has 0 aliphatic carbocycles. The van der Waals surface area contributed by atoms with Crippen LogP contribution in [0.5, 0.6) is 0 Å². The van der Waals surface area contributed by atoms with Crippen molar-refractivity contribution in [1.29, 1.82) is 0 Å². The number of carbonyl (C=O) groups excluding carboxylic acids is 2. The summed E-state index contributed by atoms with van der Waals surface area (Å²) in [5.74, 6) is -0.918. The van der Waals surface area contributed by atoms with Gasteiger partial charge in [-0.1, -0.05) is 12.1 Å². The number of aromatic nitrogens is 1. The van der Waals surface area contributed by atoms with E-state index < -0.39 is 5.91 Å². The summed E-state index contributed by atoms with van der Waals surface area (Å²) in [6.07, 6.45) is 1.50. The lowest BCUT2D eigenvalue weighted by Crippen LogP contribution is -2.50. The van der Waals surface area contributed by atoms with Crippen molar-refractivity contribution < 1.29 is 14.0 Å². The van der Waals surface area contributed by atoms with E-state index in [1.807, 2.05) is 4.90 Å². The normalized spacial score (nSPS) is 14.8. The van der Waals surface area contributed by atoms with Crippen molar-refractivity contribution in [3.8, 4) is 0 Å². The largest absolute Gasteiger partial charge is 0.364 e. The van der Waals surface area contributed by atoms with Crippen molar-refractivity contribution in [3.05, 3.63) is 59.7 Å². The molecule has 124 valence electrons. The van der Waals surface area contributed by atoms with Crippen LogP contribution in [0.15, 0.2) is 42.6 Å². The number of piperazine rings is 1. The summed E-state index contributed by atoms with van der Waals surface area (Å²) in [5.41, 5.74) is 7.04. The molecule has 1 aromatic carbocycles. The van der Waals surface area contributed by atoms with E-state index in [9.17, 15) is 14.0 Å². The number of rotatable bonds is 4. The average Bonchev–Trinajstić information content (AvgIpc) is 2.58. The Morgan fingerprint density at radius 3 is 2.62 bits per heavy atom. The highest BCUT2D eigenvalue weighted by Crippen LogP contribution is 2.18. The zero-order chi connectivity index (χ0) is 17.1. The highest BCUT2D eigenvalue weighted by Gasteiger charge is 2.24. The number of carbonyl (C=O) groups is 2. The maximum Gasteiger partial charge on any atom is 0.267 e. The molecule has 0 saturated carbocycles. The summed E-state index contributed by atoms with van der Waals surface area (Å²) in [7, 11) is 0. The van der Waals surface area contributed by atoms with Crippen LogP contribution in [0.3, 0.4) is 0 Å². The van der Waals surface area contributed by atoms with E-state index in [1.54, 1.807) is 29.2 Å². The molecule has 0 unspecified atom stereocenters. The Morgan fingerprint density at radius 2 is 1.96 bits per heavy atom.